The number of H-pyrrole nitrogens is 1. The number of fused-ring (bicyclic) bond motifs is 1. The van der Waals surface area contributed by atoms with Crippen LogP contribution in [0.4, 0.5) is 0 Å². The molecule has 0 saturated heterocycles. The lowest BCUT2D eigenvalue weighted by Gasteiger charge is -2.15. The van der Waals surface area contributed by atoms with E-state index in [1.807, 2.05) is 30.1 Å². The van der Waals surface area contributed by atoms with Crippen LogP contribution >= 0.6 is 0 Å². The largest absolute Gasteiger partial charge is 0.361 e. The van der Waals surface area contributed by atoms with Gasteiger partial charge in [0.1, 0.15) is 0 Å². The molecule has 1 aromatic carbocycles. The van der Waals surface area contributed by atoms with Crippen molar-refractivity contribution in [3.63, 3.8) is 0 Å². The summed E-state index contributed by atoms with van der Waals surface area (Å²) in [6.45, 7) is 1.88. The van der Waals surface area contributed by atoms with E-state index in [4.69, 9.17) is 4.98 Å². The van der Waals surface area contributed by atoms with Crippen molar-refractivity contribution in [1.29, 1.82) is 0 Å². The van der Waals surface area contributed by atoms with Gasteiger partial charge in [-0.1, -0.05) is 18.2 Å². The van der Waals surface area contributed by atoms with Crippen LogP contribution in [0.5, 0.6) is 0 Å². The van der Waals surface area contributed by atoms with Gasteiger partial charge in [0.2, 0.25) is 5.91 Å². The van der Waals surface area contributed by atoms with E-state index in [1.54, 1.807) is 6.20 Å². The van der Waals surface area contributed by atoms with Gasteiger partial charge in [-0.25, -0.2) is 4.68 Å². The van der Waals surface area contributed by atoms with E-state index in [1.165, 1.54) is 5.39 Å². The lowest BCUT2D eigenvalue weighted by atomic mass is 10.1. The molecule has 3 aromatic heterocycles. The van der Waals surface area contributed by atoms with Crippen molar-refractivity contribution in [2.24, 2.45) is 0 Å². The van der Waals surface area contributed by atoms with Gasteiger partial charge in [0.05, 0.1) is 23.6 Å². The summed E-state index contributed by atoms with van der Waals surface area (Å²) in [7, 11) is 0. The first-order valence-corrected chi connectivity index (χ1v) is 10.4. The van der Waals surface area contributed by atoms with E-state index in [0.29, 0.717) is 6.42 Å². The first-order chi connectivity index (χ1) is 14.7. The molecule has 7 nitrogen and oxygen atoms in total. The molecule has 3 heterocycles. The minimum absolute atomic E-state index is 0.108. The number of pyridine rings is 1. The second kappa shape index (κ2) is 7.74. The number of hydrogen-bond donors (Lipinski definition) is 2. The van der Waals surface area contributed by atoms with Crippen LogP contribution in [-0.2, 0) is 4.79 Å². The predicted octanol–water partition coefficient (Wildman–Crippen LogP) is 4.11. The van der Waals surface area contributed by atoms with E-state index >= 15 is 0 Å². The van der Waals surface area contributed by atoms with Crippen molar-refractivity contribution in [1.82, 2.24) is 30.3 Å². The Kier molecular flexibility index (Phi) is 4.78. The van der Waals surface area contributed by atoms with Crippen molar-refractivity contribution in [3.05, 3.63) is 55.0 Å². The number of aromatic nitrogens is 5. The van der Waals surface area contributed by atoms with Gasteiger partial charge in [0, 0.05) is 46.9 Å². The number of nitrogens with one attached hydrogen (secondary N) is 2. The lowest BCUT2D eigenvalue weighted by Crippen LogP contribution is -2.32. The Hall–Kier alpha value is -3.48. The zero-order valence-electron chi connectivity index (χ0n) is 16.9. The number of nitrogens with zero attached hydrogens (tertiary/aromatic N) is 4. The van der Waals surface area contributed by atoms with Crippen molar-refractivity contribution < 1.29 is 4.79 Å². The highest BCUT2D eigenvalue weighted by molar-refractivity contribution is 5.84. The smallest absolute Gasteiger partial charge is 0.219 e. The molecule has 30 heavy (non-hydrogen) atoms. The van der Waals surface area contributed by atoms with Crippen molar-refractivity contribution >= 4 is 16.8 Å². The van der Waals surface area contributed by atoms with E-state index in [2.05, 4.69) is 50.9 Å². The molecule has 152 valence electrons. The van der Waals surface area contributed by atoms with Crippen LogP contribution in [0.3, 0.4) is 0 Å². The molecular formula is C23H24N6O. The number of amides is 1. The number of rotatable bonds is 5. The van der Waals surface area contributed by atoms with Gasteiger partial charge in [-0.15, -0.1) is 5.10 Å². The number of aromatic amines is 1. The molecule has 7 heteroatoms. The van der Waals surface area contributed by atoms with Gasteiger partial charge in [-0.05, 0) is 49.6 Å². The second-order valence-electron chi connectivity index (χ2n) is 7.86. The summed E-state index contributed by atoms with van der Waals surface area (Å²) in [5.74, 6) is 0.108. The van der Waals surface area contributed by atoms with Crippen LogP contribution in [-0.4, -0.2) is 36.9 Å². The molecule has 0 unspecified atom stereocenters. The standard InChI is InChI=1S/C23H24N6O/c1-2-23(30)27-18-5-6-19(12-18)29-22(14-26-28-29)17-4-8-21(25-13-17)15-3-7-20-16(11-15)9-10-24-20/h3-4,7-11,13-14,18-19,24H,2,5-6,12H2,1H3,(H,27,30)/t18-,19+/m0/s1. The monoisotopic (exact) mass is 400 g/mol. The maximum Gasteiger partial charge on any atom is 0.219 e. The molecule has 4 aromatic rings. The third kappa shape index (κ3) is 3.47. The van der Waals surface area contributed by atoms with E-state index < -0.39 is 0 Å². The van der Waals surface area contributed by atoms with Crippen molar-refractivity contribution in [2.45, 2.75) is 44.7 Å². The summed E-state index contributed by atoms with van der Waals surface area (Å²) in [6, 6.07) is 12.9. The van der Waals surface area contributed by atoms with Gasteiger partial charge >= 0.3 is 0 Å². The molecule has 2 atom stereocenters. The molecule has 1 saturated carbocycles. The third-order valence-electron chi connectivity index (χ3n) is 5.92. The van der Waals surface area contributed by atoms with Crippen LogP contribution in [0.25, 0.3) is 33.4 Å². The average Bonchev–Trinajstić information content (AvgIpc) is 3.53. The highest BCUT2D eigenvalue weighted by atomic mass is 16.1. The Morgan fingerprint density at radius 2 is 2.07 bits per heavy atom. The Morgan fingerprint density at radius 1 is 1.17 bits per heavy atom. The fourth-order valence-corrected chi connectivity index (χ4v) is 4.29. The minimum Gasteiger partial charge on any atom is -0.361 e. The summed E-state index contributed by atoms with van der Waals surface area (Å²) in [5.41, 5.74) is 5.10. The fourth-order valence-electron chi connectivity index (χ4n) is 4.29. The highest BCUT2D eigenvalue weighted by Gasteiger charge is 2.29. The number of benzene rings is 1. The molecule has 1 aliphatic carbocycles. The summed E-state index contributed by atoms with van der Waals surface area (Å²) >= 11 is 0. The van der Waals surface area contributed by atoms with Crippen LogP contribution in [0, 0.1) is 0 Å². The third-order valence-corrected chi connectivity index (χ3v) is 5.92. The van der Waals surface area contributed by atoms with E-state index in [0.717, 1.165) is 47.3 Å². The van der Waals surface area contributed by atoms with Gasteiger partial charge in [-0.3, -0.25) is 9.78 Å². The van der Waals surface area contributed by atoms with Crippen LogP contribution in [0.15, 0.2) is 55.0 Å². The summed E-state index contributed by atoms with van der Waals surface area (Å²) < 4.78 is 1.99. The first-order valence-electron chi connectivity index (χ1n) is 10.4. The highest BCUT2D eigenvalue weighted by Crippen LogP contribution is 2.33. The molecular weight excluding hydrogens is 376 g/mol. The molecule has 0 bridgehead atoms. The number of carbonyl (C=O) groups excluding carboxylic acids is 1. The molecule has 1 fully saturated rings. The van der Waals surface area contributed by atoms with Gasteiger partial charge < -0.3 is 10.3 Å². The first kappa shape index (κ1) is 18.5. The Bertz CT molecular complexity index is 1180. The lowest BCUT2D eigenvalue weighted by molar-refractivity contribution is -0.121. The maximum absolute atomic E-state index is 11.7. The summed E-state index contributed by atoms with van der Waals surface area (Å²) in [6.07, 6.45) is 8.97. The van der Waals surface area contributed by atoms with Gasteiger partial charge in [0.25, 0.3) is 0 Å². The zero-order chi connectivity index (χ0) is 20.5. The topological polar surface area (TPSA) is 88.5 Å². The molecule has 5 rings (SSSR count). The minimum atomic E-state index is 0.108. The van der Waals surface area contributed by atoms with E-state index in [-0.39, 0.29) is 18.0 Å². The molecule has 0 spiro atoms. The fraction of sp³-hybridized carbons (Fsp3) is 0.304. The normalized spacial score (nSPS) is 18.7. The summed E-state index contributed by atoms with van der Waals surface area (Å²) in [5, 5.41) is 12.8. The Morgan fingerprint density at radius 3 is 2.90 bits per heavy atom. The number of carbonyl (C=O) groups is 1. The summed E-state index contributed by atoms with van der Waals surface area (Å²) in [4.78, 5) is 19.6. The molecule has 1 aliphatic rings. The second-order valence-corrected chi connectivity index (χ2v) is 7.86. The van der Waals surface area contributed by atoms with Crippen molar-refractivity contribution in [3.8, 4) is 22.5 Å². The van der Waals surface area contributed by atoms with Crippen LogP contribution in [0.1, 0.15) is 38.6 Å². The average molecular weight is 400 g/mol. The quantitative estimate of drug-likeness (QED) is 0.528. The molecule has 1 amide bonds. The Labute approximate surface area is 174 Å². The predicted molar refractivity (Wildman–Crippen MR) is 116 cm³/mol. The molecule has 2 N–H and O–H groups in total. The molecule has 0 aliphatic heterocycles. The van der Waals surface area contributed by atoms with Crippen molar-refractivity contribution in [2.75, 3.05) is 0 Å². The van der Waals surface area contributed by atoms with E-state index in [9.17, 15) is 4.79 Å². The Balaban J connectivity index is 1.36. The molecule has 0 radical (unpaired) electrons. The van der Waals surface area contributed by atoms with Gasteiger partial charge in [-0.2, -0.15) is 0 Å². The van der Waals surface area contributed by atoms with Crippen LogP contribution < -0.4 is 5.32 Å². The maximum atomic E-state index is 11.7. The van der Waals surface area contributed by atoms with Gasteiger partial charge in [0.15, 0.2) is 0 Å². The SMILES string of the molecule is CCC(=O)N[C@H]1CC[C@@H](n2nncc2-c2ccc(-c3ccc4[nH]ccc4c3)nc2)C1. The van der Waals surface area contributed by atoms with Crippen LogP contribution in [0.2, 0.25) is 0 Å². The zero-order valence-corrected chi connectivity index (χ0v) is 16.9. The number of hydrogen-bond acceptors (Lipinski definition) is 4.